The summed E-state index contributed by atoms with van der Waals surface area (Å²) in [7, 11) is 0. The maximum absolute atomic E-state index is 5.56. The highest BCUT2D eigenvalue weighted by Crippen LogP contribution is 2.41. The van der Waals surface area contributed by atoms with Crippen LogP contribution in [0.1, 0.15) is 50.7 Å². The van der Waals surface area contributed by atoms with Crippen molar-refractivity contribution in [2.45, 2.75) is 52.4 Å². The first kappa shape index (κ1) is 37.4. The highest BCUT2D eigenvalue weighted by Gasteiger charge is 2.17. The topological polar surface area (TPSA) is 29.3 Å². The van der Waals surface area contributed by atoms with E-state index in [0.29, 0.717) is 0 Å². The molecule has 0 aliphatic carbocycles. The molecule has 2 N–H and O–H groups in total. The molecule has 0 fully saturated rings. The number of halogens is 1. The number of fused-ring (bicyclic) bond motifs is 3. The van der Waals surface area contributed by atoms with Crippen molar-refractivity contribution < 1.29 is 0 Å². The lowest BCUT2D eigenvalue weighted by Crippen LogP contribution is -2.11. The standard InChI is InChI=1S/C30H27N.C10H7Br.C10H15N/c1-2-3-10-23-19-21-26(22-20-23)31(29-17-8-13-24-11-4-6-15-27(24)29)30-18-9-14-25-12-5-7-16-28(25)30;11-10-7-3-5-8-4-1-2-6-9(8)10;1-2-3-4-9-5-7-10(11)8-6-9/h4-9,11-22H,2-3,10H2,1H3;1-7H;5-8H,2-4,11H2,1H3. The Bertz CT molecular complexity index is 2250. The molecule has 266 valence electrons. The summed E-state index contributed by atoms with van der Waals surface area (Å²) in [5, 5.41) is 7.58. The zero-order valence-corrected chi connectivity index (χ0v) is 32.5. The first-order valence-corrected chi connectivity index (χ1v) is 19.7. The van der Waals surface area contributed by atoms with Gasteiger partial charge in [-0.2, -0.15) is 0 Å². The lowest BCUT2D eigenvalue weighted by Gasteiger charge is -2.28. The van der Waals surface area contributed by atoms with Crippen LogP contribution in [-0.2, 0) is 12.8 Å². The van der Waals surface area contributed by atoms with Crippen LogP contribution in [0.2, 0.25) is 0 Å². The van der Waals surface area contributed by atoms with Crippen LogP contribution in [0.25, 0.3) is 32.3 Å². The Morgan fingerprint density at radius 2 is 0.830 bits per heavy atom. The van der Waals surface area contributed by atoms with Gasteiger partial charge in [-0.1, -0.05) is 176 Å². The second-order valence-corrected chi connectivity index (χ2v) is 14.3. The van der Waals surface area contributed by atoms with Crippen molar-refractivity contribution in [2.24, 2.45) is 0 Å². The third kappa shape index (κ3) is 9.74. The molecule has 0 aliphatic heterocycles. The van der Waals surface area contributed by atoms with E-state index < -0.39 is 0 Å². The lowest BCUT2D eigenvalue weighted by atomic mass is 10.0. The number of aryl methyl sites for hydroxylation is 2. The summed E-state index contributed by atoms with van der Waals surface area (Å²) in [5.74, 6) is 0. The molecule has 0 saturated heterocycles. The molecule has 3 heteroatoms. The van der Waals surface area contributed by atoms with Crippen molar-refractivity contribution in [3.63, 3.8) is 0 Å². The van der Waals surface area contributed by atoms with E-state index in [9.17, 15) is 0 Å². The maximum atomic E-state index is 5.56. The Kier molecular flexibility index (Phi) is 13.3. The molecule has 0 radical (unpaired) electrons. The summed E-state index contributed by atoms with van der Waals surface area (Å²) < 4.78 is 1.16. The zero-order chi connectivity index (χ0) is 36.8. The van der Waals surface area contributed by atoms with Crippen LogP contribution in [-0.4, -0.2) is 0 Å². The lowest BCUT2D eigenvalue weighted by molar-refractivity contribution is 0.795. The van der Waals surface area contributed by atoms with Crippen molar-refractivity contribution in [2.75, 3.05) is 10.6 Å². The van der Waals surface area contributed by atoms with Crippen molar-refractivity contribution >= 4 is 71.0 Å². The maximum Gasteiger partial charge on any atom is 0.0540 e. The quantitative estimate of drug-likeness (QED) is 0.149. The SMILES string of the molecule is Brc1cccc2ccccc12.CCCCc1ccc(N(c2cccc3ccccc23)c2cccc3ccccc23)cc1.CCCCc1ccc(N)cc1. The molecule has 0 saturated carbocycles. The molecule has 8 rings (SSSR count). The molecule has 0 spiro atoms. The highest BCUT2D eigenvalue weighted by atomic mass is 79.9. The Balaban J connectivity index is 0.000000177. The van der Waals surface area contributed by atoms with Crippen LogP contribution in [0.5, 0.6) is 0 Å². The molecule has 0 bridgehead atoms. The summed E-state index contributed by atoms with van der Waals surface area (Å²) >= 11 is 3.50. The minimum Gasteiger partial charge on any atom is -0.399 e. The summed E-state index contributed by atoms with van der Waals surface area (Å²) in [6, 6.07) is 62.2. The smallest absolute Gasteiger partial charge is 0.0540 e. The van der Waals surface area contributed by atoms with Crippen LogP contribution >= 0.6 is 15.9 Å². The van der Waals surface area contributed by atoms with E-state index in [1.807, 2.05) is 24.3 Å². The van der Waals surface area contributed by atoms with E-state index in [4.69, 9.17) is 5.73 Å². The first-order chi connectivity index (χ1) is 26.1. The van der Waals surface area contributed by atoms with Gasteiger partial charge >= 0.3 is 0 Å². The number of hydrogen-bond donors (Lipinski definition) is 1. The average Bonchev–Trinajstić information content (AvgIpc) is 3.21. The molecule has 8 aromatic rings. The number of nitrogens with two attached hydrogens (primary N) is 1. The van der Waals surface area contributed by atoms with Crippen LogP contribution < -0.4 is 10.6 Å². The van der Waals surface area contributed by atoms with Gasteiger partial charge in [0.05, 0.1) is 11.4 Å². The molecule has 0 aromatic heterocycles. The molecule has 53 heavy (non-hydrogen) atoms. The molecule has 0 amide bonds. The van der Waals surface area contributed by atoms with Crippen LogP contribution in [0.3, 0.4) is 0 Å². The summed E-state index contributed by atoms with van der Waals surface area (Å²) in [6.45, 7) is 4.45. The predicted octanol–water partition coefficient (Wildman–Crippen LogP) is 15.0. The van der Waals surface area contributed by atoms with Gasteiger partial charge in [0.1, 0.15) is 0 Å². The number of nitrogen functional groups attached to an aromatic ring is 1. The average molecular weight is 758 g/mol. The summed E-state index contributed by atoms with van der Waals surface area (Å²) in [6.07, 6.45) is 7.29. The van der Waals surface area contributed by atoms with Gasteiger partial charge in [-0.15, -0.1) is 0 Å². The number of anilines is 4. The molecule has 0 unspecified atom stereocenters. The second-order valence-electron chi connectivity index (χ2n) is 13.4. The van der Waals surface area contributed by atoms with E-state index in [1.54, 1.807) is 0 Å². The fraction of sp³-hybridized carbons (Fsp3) is 0.160. The van der Waals surface area contributed by atoms with Crippen LogP contribution in [0.15, 0.2) is 180 Å². The number of nitrogens with zero attached hydrogens (tertiary/aromatic N) is 1. The molecule has 2 nitrogen and oxygen atoms in total. The van der Waals surface area contributed by atoms with Crippen molar-refractivity contribution in [1.29, 1.82) is 0 Å². The number of unbranched alkanes of at least 4 members (excludes halogenated alkanes) is 2. The fourth-order valence-electron chi connectivity index (χ4n) is 6.66. The van der Waals surface area contributed by atoms with E-state index >= 15 is 0 Å². The van der Waals surface area contributed by atoms with Gasteiger partial charge < -0.3 is 10.6 Å². The first-order valence-electron chi connectivity index (χ1n) is 18.9. The number of rotatable bonds is 9. The number of hydrogen-bond acceptors (Lipinski definition) is 2. The van der Waals surface area contributed by atoms with Crippen molar-refractivity contribution in [1.82, 2.24) is 0 Å². The van der Waals surface area contributed by atoms with Crippen LogP contribution in [0.4, 0.5) is 22.7 Å². The third-order valence-corrected chi connectivity index (χ3v) is 10.3. The van der Waals surface area contributed by atoms with Gasteiger partial charge in [-0.05, 0) is 101 Å². The normalized spacial score (nSPS) is 10.7. The van der Waals surface area contributed by atoms with Gasteiger partial charge in [0.2, 0.25) is 0 Å². The summed E-state index contributed by atoms with van der Waals surface area (Å²) in [5.41, 5.74) is 12.8. The molecule has 8 aromatic carbocycles. The van der Waals surface area contributed by atoms with Crippen molar-refractivity contribution in [3.05, 3.63) is 192 Å². The molecule has 0 atom stereocenters. The van der Waals surface area contributed by atoms with Crippen molar-refractivity contribution in [3.8, 4) is 0 Å². The second kappa shape index (κ2) is 18.9. The van der Waals surface area contributed by atoms with E-state index in [-0.39, 0.29) is 0 Å². The minimum absolute atomic E-state index is 0.852. The van der Waals surface area contributed by atoms with Gasteiger partial charge in [-0.25, -0.2) is 0 Å². The van der Waals surface area contributed by atoms with Gasteiger partial charge in [0.25, 0.3) is 0 Å². The Morgan fingerprint density at radius 1 is 0.434 bits per heavy atom. The largest absolute Gasteiger partial charge is 0.399 e. The Morgan fingerprint density at radius 3 is 1.30 bits per heavy atom. The Hall–Kier alpha value is -5.38. The number of benzene rings is 8. The van der Waals surface area contributed by atoms with Crippen LogP contribution in [0, 0.1) is 0 Å². The highest BCUT2D eigenvalue weighted by molar-refractivity contribution is 9.10. The molecule has 0 heterocycles. The predicted molar refractivity (Wildman–Crippen MR) is 236 cm³/mol. The monoisotopic (exact) mass is 756 g/mol. The molecular formula is C50H49BrN2. The van der Waals surface area contributed by atoms with Gasteiger partial charge in [-0.3, -0.25) is 0 Å². The minimum atomic E-state index is 0.852. The molecular weight excluding hydrogens is 708 g/mol. The van der Waals surface area contributed by atoms with E-state index in [0.717, 1.165) is 16.6 Å². The van der Waals surface area contributed by atoms with Gasteiger partial charge in [0, 0.05) is 26.6 Å². The Labute approximate surface area is 324 Å². The molecule has 0 aliphatic rings. The van der Waals surface area contributed by atoms with Gasteiger partial charge in [0.15, 0.2) is 0 Å². The zero-order valence-electron chi connectivity index (χ0n) is 30.9. The summed E-state index contributed by atoms with van der Waals surface area (Å²) in [4.78, 5) is 2.41. The van der Waals surface area contributed by atoms with E-state index in [2.05, 4.69) is 186 Å². The third-order valence-electron chi connectivity index (χ3n) is 9.56. The fourth-order valence-corrected chi connectivity index (χ4v) is 7.17. The van der Waals surface area contributed by atoms with E-state index in [1.165, 1.54) is 92.6 Å².